The van der Waals surface area contributed by atoms with Crippen molar-refractivity contribution in [1.29, 1.82) is 0 Å². The van der Waals surface area contributed by atoms with Crippen molar-refractivity contribution >= 4 is 119 Å². The van der Waals surface area contributed by atoms with E-state index in [0.29, 0.717) is 23.1 Å². The monoisotopic (exact) mass is 935 g/mol. The van der Waals surface area contributed by atoms with Crippen LogP contribution in [0.1, 0.15) is 0 Å². The average Bonchev–Trinajstić information content (AvgIpc) is 4.20. The third kappa shape index (κ3) is 5.62. The van der Waals surface area contributed by atoms with Crippen molar-refractivity contribution in [3.8, 4) is 45.5 Å². The van der Waals surface area contributed by atoms with Crippen LogP contribution in [0.3, 0.4) is 0 Å². The Morgan fingerprint density at radius 3 is 1.89 bits per heavy atom. The van der Waals surface area contributed by atoms with Crippen molar-refractivity contribution in [2.24, 2.45) is 0 Å². The van der Waals surface area contributed by atoms with Gasteiger partial charge in [0.05, 0.1) is 33.3 Å². The van der Waals surface area contributed by atoms with Crippen molar-refractivity contribution < 1.29 is 4.42 Å². The van der Waals surface area contributed by atoms with Crippen LogP contribution in [-0.4, -0.2) is 24.1 Å². The minimum absolute atomic E-state index is 0.517. The summed E-state index contributed by atoms with van der Waals surface area (Å²) in [6.07, 6.45) is 0. The first-order valence-electron chi connectivity index (χ1n) is 24.3. The summed E-state index contributed by atoms with van der Waals surface area (Å²) < 4.78 is 14.2. The highest BCUT2D eigenvalue weighted by Crippen LogP contribution is 2.47. The molecule has 0 aliphatic rings. The zero-order valence-corrected chi connectivity index (χ0v) is 39.2. The van der Waals surface area contributed by atoms with E-state index < -0.39 is 0 Å². The molecular weight excluding hydrogens is 899 g/mol. The van der Waals surface area contributed by atoms with Gasteiger partial charge in [0.25, 0.3) is 0 Å². The molecule has 7 heteroatoms. The van der Waals surface area contributed by atoms with Crippen molar-refractivity contribution in [2.75, 3.05) is 0 Å². The van der Waals surface area contributed by atoms with E-state index in [1.165, 1.54) is 42.4 Å². The number of nitrogens with zero attached hydrogens (tertiary/aromatic N) is 5. The van der Waals surface area contributed by atoms with Crippen LogP contribution in [-0.2, 0) is 0 Å². The molecular formula is C65H37N5OS. The fourth-order valence-electron chi connectivity index (χ4n) is 11.6. The molecule has 5 aromatic heterocycles. The molecule has 0 atom stereocenters. The van der Waals surface area contributed by atoms with E-state index in [2.05, 4.69) is 221 Å². The minimum Gasteiger partial charge on any atom is -0.455 e. The molecule has 0 aliphatic carbocycles. The second-order valence-corrected chi connectivity index (χ2v) is 19.7. The number of thiophene rings is 1. The van der Waals surface area contributed by atoms with Gasteiger partial charge in [-0.3, -0.25) is 0 Å². The van der Waals surface area contributed by atoms with Gasteiger partial charge in [0.1, 0.15) is 11.2 Å². The number of rotatable bonds is 5. The highest BCUT2D eigenvalue weighted by molar-refractivity contribution is 7.26. The SMILES string of the molecule is c1ccc(-n2c3ccccc3c3cccc(-c4nc(-c5c(-n6c7cc8ccccc8cc7c7c8ccccc8ccc76)ccc6c5oc5ccccc56)nc(-c5cccc6c5sc5ccccc56)n4)c32)cc1. The van der Waals surface area contributed by atoms with Crippen LogP contribution in [0.4, 0.5) is 0 Å². The molecule has 16 aromatic rings. The molecule has 72 heavy (non-hydrogen) atoms. The molecule has 0 bridgehead atoms. The Balaban J connectivity index is 1.08. The predicted molar refractivity (Wildman–Crippen MR) is 300 cm³/mol. The Hall–Kier alpha value is -9.43. The van der Waals surface area contributed by atoms with Crippen molar-refractivity contribution in [3.05, 3.63) is 224 Å². The van der Waals surface area contributed by atoms with Crippen LogP contribution < -0.4 is 0 Å². The zero-order valence-electron chi connectivity index (χ0n) is 38.4. The molecule has 0 amide bonds. The lowest BCUT2D eigenvalue weighted by atomic mass is 10.0. The summed E-state index contributed by atoms with van der Waals surface area (Å²) >= 11 is 1.78. The van der Waals surface area contributed by atoms with Gasteiger partial charge in [-0.1, -0.05) is 152 Å². The summed E-state index contributed by atoms with van der Waals surface area (Å²) in [5.41, 5.74) is 10.4. The Kier molecular flexibility index (Phi) is 8.23. The summed E-state index contributed by atoms with van der Waals surface area (Å²) in [5.74, 6) is 1.67. The van der Waals surface area contributed by atoms with Gasteiger partial charge in [0.15, 0.2) is 17.5 Å². The van der Waals surface area contributed by atoms with Crippen LogP contribution in [0.2, 0.25) is 0 Å². The molecule has 5 heterocycles. The second-order valence-electron chi connectivity index (χ2n) is 18.6. The summed E-state index contributed by atoms with van der Waals surface area (Å²) in [7, 11) is 0. The summed E-state index contributed by atoms with van der Waals surface area (Å²) in [4.78, 5) is 17.0. The van der Waals surface area contributed by atoms with E-state index in [0.717, 1.165) is 87.3 Å². The van der Waals surface area contributed by atoms with Crippen LogP contribution >= 0.6 is 11.3 Å². The average molecular weight is 936 g/mol. The molecule has 6 nitrogen and oxygen atoms in total. The Bertz CT molecular complexity index is 4940. The molecule has 0 saturated heterocycles. The number of furan rings is 1. The largest absolute Gasteiger partial charge is 0.455 e. The summed E-state index contributed by atoms with van der Waals surface area (Å²) in [5, 5.41) is 13.8. The standard InChI is InChI=1S/C65H37N5OS/c1-2-19-41(20-3-1)69-52-29-11-8-22-43(52)46-25-14-27-49(60(46)69)63-66-64(50-28-15-26-48-45-24-10-13-31-57(45)72-62(48)50)68-65(67-63)59-54(35-33-47-44-23-9-12-30-56(44)71-61(47)59)70-53-34-32-38-16-6-7-21-42(38)58(53)51-36-39-17-4-5-18-40(39)37-55(51)70/h1-37H. The Morgan fingerprint density at radius 2 is 1.03 bits per heavy atom. The fraction of sp³-hybridized carbons (Fsp3) is 0. The molecule has 0 unspecified atom stereocenters. The predicted octanol–water partition coefficient (Wildman–Crippen LogP) is 17.6. The second kappa shape index (κ2) is 15.0. The highest BCUT2D eigenvalue weighted by Gasteiger charge is 2.27. The Labute approximate surface area is 414 Å². The fourth-order valence-corrected chi connectivity index (χ4v) is 12.8. The molecule has 0 fully saturated rings. The first-order valence-corrected chi connectivity index (χ1v) is 25.1. The van der Waals surface area contributed by atoms with Crippen molar-refractivity contribution in [3.63, 3.8) is 0 Å². The normalized spacial score (nSPS) is 12.2. The van der Waals surface area contributed by atoms with Gasteiger partial charge in [-0.15, -0.1) is 11.3 Å². The molecule has 334 valence electrons. The maximum absolute atomic E-state index is 7.11. The van der Waals surface area contributed by atoms with E-state index in [-0.39, 0.29) is 0 Å². The lowest BCUT2D eigenvalue weighted by Gasteiger charge is -2.16. The first kappa shape index (κ1) is 39.4. The molecule has 0 radical (unpaired) electrons. The van der Waals surface area contributed by atoms with Gasteiger partial charge in [-0.05, 0) is 94.3 Å². The van der Waals surface area contributed by atoms with Gasteiger partial charge >= 0.3 is 0 Å². The Morgan fingerprint density at radius 1 is 0.375 bits per heavy atom. The van der Waals surface area contributed by atoms with Gasteiger partial charge in [0, 0.05) is 69.3 Å². The third-order valence-corrected chi connectivity index (χ3v) is 16.0. The number of fused-ring (bicyclic) bond motifs is 15. The van der Waals surface area contributed by atoms with Crippen LogP contribution in [0.15, 0.2) is 229 Å². The topological polar surface area (TPSA) is 61.7 Å². The lowest BCUT2D eigenvalue weighted by Crippen LogP contribution is -2.05. The molecule has 16 rings (SSSR count). The third-order valence-electron chi connectivity index (χ3n) is 14.7. The molecule has 11 aromatic carbocycles. The molecule has 0 aliphatic heterocycles. The van der Waals surface area contributed by atoms with E-state index in [9.17, 15) is 0 Å². The maximum atomic E-state index is 7.11. The number of benzene rings is 11. The first-order chi connectivity index (χ1) is 35.7. The van der Waals surface area contributed by atoms with Gasteiger partial charge < -0.3 is 13.6 Å². The van der Waals surface area contributed by atoms with Gasteiger partial charge in [-0.2, -0.15) is 0 Å². The van der Waals surface area contributed by atoms with E-state index >= 15 is 0 Å². The quantitative estimate of drug-likeness (QED) is 0.172. The zero-order chi connectivity index (χ0) is 47.0. The van der Waals surface area contributed by atoms with Crippen LogP contribution in [0.25, 0.3) is 153 Å². The van der Waals surface area contributed by atoms with Gasteiger partial charge in [-0.25, -0.2) is 15.0 Å². The van der Waals surface area contributed by atoms with Crippen LogP contribution in [0.5, 0.6) is 0 Å². The molecule has 0 N–H and O–H groups in total. The van der Waals surface area contributed by atoms with E-state index in [4.69, 9.17) is 19.4 Å². The number of aromatic nitrogens is 5. The highest BCUT2D eigenvalue weighted by atomic mass is 32.1. The smallest absolute Gasteiger partial charge is 0.170 e. The van der Waals surface area contributed by atoms with Gasteiger partial charge in [0.2, 0.25) is 0 Å². The molecule has 0 saturated carbocycles. The summed E-state index contributed by atoms with van der Waals surface area (Å²) in [6, 6.07) is 80.2. The molecule has 0 spiro atoms. The number of para-hydroxylation sites is 4. The number of hydrogen-bond donors (Lipinski definition) is 0. The van der Waals surface area contributed by atoms with Crippen molar-refractivity contribution in [1.82, 2.24) is 24.1 Å². The maximum Gasteiger partial charge on any atom is 0.170 e. The lowest BCUT2D eigenvalue weighted by molar-refractivity contribution is 0.669. The van der Waals surface area contributed by atoms with E-state index in [1.807, 2.05) is 12.1 Å². The van der Waals surface area contributed by atoms with Crippen molar-refractivity contribution in [2.45, 2.75) is 0 Å². The van der Waals surface area contributed by atoms with Crippen LogP contribution in [0, 0.1) is 0 Å². The summed E-state index contributed by atoms with van der Waals surface area (Å²) in [6.45, 7) is 0. The minimum atomic E-state index is 0.517. The number of hydrogen-bond acceptors (Lipinski definition) is 5. The van der Waals surface area contributed by atoms with E-state index in [1.54, 1.807) is 11.3 Å².